The summed E-state index contributed by atoms with van der Waals surface area (Å²) in [6.45, 7) is 8.59. The van der Waals surface area contributed by atoms with E-state index in [1.54, 1.807) is 0 Å². The van der Waals surface area contributed by atoms with Gasteiger partial charge in [-0.1, -0.05) is 20.8 Å². The van der Waals surface area contributed by atoms with Crippen molar-refractivity contribution in [1.29, 1.82) is 0 Å². The van der Waals surface area contributed by atoms with Crippen LogP contribution in [0.4, 0.5) is 0 Å². The molecule has 1 rings (SSSR count). The molecule has 0 aromatic carbocycles. The minimum atomic E-state index is -0.000805. The molecule has 0 aliphatic rings. The highest BCUT2D eigenvalue weighted by Gasteiger charge is 2.28. The fourth-order valence-electron chi connectivity index (χ4n) is 2.20. The van der Waals surface area contributed by atoms with Gasteiger partial charge in [0, 0.05) is 37.2 Å². The van der Waals surface area contributed by atoms with Crippen LogP contribution in [-0.4, -0.2) is 27.5 Å². The minimum Gasteiger partial charge on any atom is -0.396 e. The quantitative estimate of drug-likeness (QED) is 0.837. The maximum Gasteiger partial charge on any atom is 0.0713 e. The Morgan fingerprint density at radius 1 is 1.47 bits per heavy atom. The molecule has 98 valence electrons. The Kier molecular flexibility index (Phi) is 4.33. The lowest BCUT2D eigenvalue weighted by Gasteiger charge is -2.24. The second-order valence-corrected chi connectivity index (χ2v) is 5.83. The minimum absolute atomic E-state index is 0.000805. The van der Waals surface area contributed by atoms with Crippen molar-refractivity contribution in [2.75, 3.05) is 6.61 Å². The molecule has 0 amide bonds. The van der Waals surface area contributed by atoms with Gasteiger partial charge in [-0.25, -0.2) is 0 Å². The maximum atomic E-state index is 9.16. The predicted molar refractivity (Wildman–Crippen MR) is 70.0 cm³/mol. The van der Waals surface area contributed by atoms with Crippen LogP contribution < -0.4 is 5.73 Å². The number of rotatable bonds is 4. The number of aromatic nitrogens is 2. The second-order valence-electron chi connectivity index (χ2n) is 5.83. The van der Waals surface area contributed by atoms with Crippen molar-refractivity contribution < 1.29 is 5.11 Å². The van der Waals surface area contributed by atoms with Crippen molar-refractivity contribution in [2.24, 2.45) is 12.8 Å². The summed E-state index contributed by atoms with van der Waals surface area (Å²) < 4.78 is 1.84. The summed E-state index contributed by atoms with van der Waals surface area (Å²) in [5.41, 5.74) is 8.28. The highest BCUT2D eigenvalue weighted by Crippen LogP contribution is 2.32. The van der Waals surface area contributed by atoms with Gasteiger partial charge in [0.2, 0.25) is 0 Å². The van der Waals surface area contributed by atoms with Gasteiger partial charge < -0.3 is 10.8 Å². The summed E-state index contributed by atoms with van der Waals surface area (Å²) in [5.74, 6) is 0.169. The van der Waals surface area contributed by atoms with Crippen molar-refractivity contribution in [3.63, 3.8) is 0 Å². The van der Waals surface area contributed by atoms with E-state index < -0.39 is 0 Å². The van der Waals surface area contributed by atoms with E-state index in [4.69, 9.17) is 10.8 Å². The Morgan fingerprint density at radius 3 is 2.47 bits per heavy atom. The smallest absolute Gasteiger partial charge is 0.0713 e. The first-order valence-corrected chi connectivity index (χ1v) is 6.17. The molecule has 0 spiro atoms. The Bertz CT molecular complexity index is 363. The lowest BCUT2D eigenvalue weighted by Crippen LogP contribution is -2.28. The molecule has 1 heterocycles. The summed E-state index contributed by atoms with van der Waals surface area (Å²) in [6.07, 6.45) is 2.72. The first-order valence-electron chi connectivity index (χ1n) is 6.17. The summed E-state index contributed by atoms with van der Waals surface area (Å²) in [7, 11) is 1.93. The third-order valence-electron chi connectivity index (χ3n) is 3.04. The highest BCUT2D eigenvalue weighted by molar-refractivity contribution is 5.29. The van der Waals surface area contributed by atoms with E-state index in [2.05, 4.69) is 25.9 Å². The summed E-state index contributed by atoms with van der Waals surface area (Å²) in [6, 6.07) is 0.0208. The Hall–Kier alpha value is -0.870. The number of nitrogens with two attached hydrogens (primary N) is 1. The van der Waals surface area contributed by atoms with Crippen LogP contribution in [0.15, 0.2) is 6.20 Å². The fraction of sp³-hybridized carbons (Fsp3) is 0.769. The number of aliphatic hydroxyl groups excluding tert-OH is 1. The molecule has 3 N–H and O–H groups in total. The molecule has 0 aliphatic carbocycles. The lowest BCUT2D eigenvalue weighted by atomic mass is 9.82. The normalized spacial score (nSPS) is 15.9. The zero-order valence-electron chi connectivity index (χ0n) is 11.6. The van der Waals surface area contributed by atoms with E-state index in [0.717, 1.165) is 5.69 Å². The number of hydrogen-bond acceptors (Lipinski definition) is 3. The first-order chi connectivity index (χ1) is 7.77. The van der Waals surface area contributed by atoms with Crippen molar-refractivity contribution in [2.45, 2.75) is 51.5 Å². The summed E-state index contributed by atoms with van der Waals surface area (Å²) >= 11 is 0. The molecule has 0 aliphatic heterocycles. The second kappa shape index (κ2) is 5.19. The number of aliphatic hydroxyl groups is 1. The van der Waals surface area contributed by atoms with Gasteiger partial charge in [-0.2, -0.15) is 5.10 Å². The molecular weight excluding hydrogens is 214 g/mol. The average molecular weight is 239 g/mol. The molecular formula is C13H25N3O. The van der Waals surface area contributed by atoms with E-state index in [9.17, 15) is 0 Å². The molecule has 4 heteroatoms. The van der Waals surface area contributed by atoms with Gasteiger partial charge in [0.1, 0.15) is 0 Å². The highest BCUT2D eigenvalue weighted by atomic mass is 16.3. The standard InChI is InChI=1S/C13H25N3O/c1-9(14)10(6-7-17)11-8-16(5)15-12(11)13(2,3)4/h8-10,17H,6-7,14H2,1-5H3. The van der Waals surface area contributed by atoms with Crippen LogP contribution in [0.3, 0.4) is 0 Å². The average Bonchev–Trinajstić information content (AvgIpc) is 2.55. The van der Waals surface area contributed by atoms with Crippen LogP contribution in [0.1, 0.15) is 51.3 Å². The van der Waals surface area contributed by atoms with E-state index in [0.29, 0.717) is 6.42 Å². The Labute approximate surface area is 104 Å². The maximum absolute atomic E-state index is 9.16. The van der Waals surface area contributed by atoms with Crippen molar-refractivity contribution >= 4 is 0 Å². The van der Waals surface area contributed by atoms with E-state index in [-0.39, 0.29) is 24.0 Å². The molecule has 0 radical (unpaired) electrons. The topological polar surface area (TPSA) is 64.1 Å². The molecule has 2 atom stereocenters. The summed E-state index contributed by atoms with van der Waals surface area (Å²) in [5, 5.41) is 13.7. The van der Waals surface area contributed by atoms with Crippen molar-refractivity contribution in [3.05, 3.63) is 17.5 Å². The third kappa shape index (κ3) is 3.30. The van der Waals surface area contributed by atoms with Crippen LogP contribution in [-0.2, 0) is 12.5 Å². The van der Waals surface area contributed by atoms with Crippen molar-refractivity contribution in [3.8, 4) is 0 Å². The zero-order chi connectivity index (χ0) is 13.2. The van der Waals surface area contributed by atoms with Gasteiger partial charge in [0.05, 0.1) is 5.69 Å². The lowest BCUT2D eigenvalue weighted by molar-refractivity contribution is 0.268. The zero-order valence-corrected chi connectivity index (χ0v) is 11.6. The van der Waals surface area contributed by atoms with E-state index in [1.165, 1.54) is 5.56 Å². The van der Waals surface area contributed by atoms with Gasteiger partial charge in [-0.3, -0.25) is 4.68 Å². The molecule has 0 fully saturated rings. The van der Waals surface area contributed by atoms with Gasteiger partial charge in [0.25, 0.3) is 0 Å². The molecule has 2 unspecified atom stereocenters. The third-order valence-corrected chi connectivity index (χ3v) is 3.04. The number of aryl methyl sites for hydroxylation is 1. The predicted octanol–water partition coefficient (Wildman–Crippen LogP) is 1.53. The van der Waals surface area contributed by atoms with Crippen LogP contribution in [0.5, 0.6) is 0 Å². The Balaban J connectivity index is 3.18. The van der Waals surface area contributed by atoms with Gasteiger partial charge in [-0.15, -0.1) is 0 Å². The number of nitrogens with zero attached hydrogens (tertiary/aromatic N) is 2. The SMILES string of the molecule is CC(N)C(CCO)c1cn(C)nc1C(C)(C)C. The van der Waals surface area contributed by atoms with E-state index in [1.807, 2.05) is 24.9 Å². The van der Waals surface area contributed by atoms with Crippen LogP contribution in [0, 0.1) is 0 Å². The molecule has 0 bridgehead atoms. The molecule has 0 saturated heterocycles. The Morgan fingerprint density at radius 2 is 2.06 bits per heavy atom. The molecule has 17 heavy (non-hydrogen) atoms. The number of hydrogen-bond donors (Lipinski definition) is 2. The van der Waals surface area contributed by atoms with Crippen LogP contribution >= 0.6 is 0 Å². The fourth-order valence-corrected chi connectivity index (χ4v) is 2.20. The summed E-state index contributed by atoms with van der Waals surface area (Å²) in [4.78, 5) is 0. The van der Waals surface area contributed by atoms with Crippen molar-refractivity contribution in [1.82, 2.24) is 9.78 Å². The molecule has 1 aromatic rings. The molecule has 0 saturated carbocycles. The van der Waals surface area contributed by atoms with Crippen LogP contribution in [0.25, 0.3) is 0 Å². The molecule has 4 nitrogen and oxygen atoms in total. The van der Waals surface area contributed by atoms with Gasteiger partial charge in [0.15, 0.2) is 0 Å². The van der Waals surface area contributed by atoms with Crippen LogP contribution in [0.2, 0.25) is 0 Å². The van der Waals surface area contributed by atoms with Gasteiger partial charge >= 0.3 is 0 Å². The van der Waals surface area contributed by atoms with E-state index >= 15 is 0 Å². The molecule has 1 aromatic heterocycles. The largest absolute Gasteiger partial charge is 0.396 e. The monoisotopic (exact) mass is 239 g/mol. The first kappa shape index (κ1) is 14.2. The van der Waals surface area contributed by atoms with Gasteiger partial charge in [-0.05, 0) is 18.9 Å².